The zero-order valence-electron chi connectivity index (χ0n) is 7.60. The minimum absolute atomic E-state index is 0. The molecule has 0 aromatic heterocycles. The zero-order chi connectivity index (χ0) is 6.97. The normalized spacial score (nSPS) is 7.50. The van der Waals surface area contributed by atoms with Crippen LogP contribution in [0.2, 0.25) is 0 Å². The van der Waals surface area contributed by atoms with Crippen LogP contribution in [0.25, 0.3) is 10.8 Å². The van der Waals surface area contributed by atoms with Crippen LogP contribution in [0.15, 0.2) is 36.4 Å². The molecule has 0 heterocycles. The molecule has 0 aliphatic heterocycles. The van der Waals surface area contributed by atoms with Gasteiger partial charge in [-0.3, -0.25) is 0 Å². The molecule has 74 valence electrons. The predicted octanol–water partition coefficient (Wildman–Crippen LogP) is -6.12. The number of hydrogen-bond acceptors (Lipinski definition) is 0. The Kier molecular flexibility index (Phi) is 14.9. The standard InChI is InChI=1S/C10H9.3HI.Ti/c1-8-6-9-4-2-3-5-10(9)7-8;;;;/h2-7H,1H3;3*1H;/q-1;;;;+4/p-3. The van der Waals surface area contributed by atoms with Gasteiger partial charge >= 0.3 is 21.7 Å². The molecule has 2 aromatic rings. The Morgan fingerprint density at radius 2 is 1.57 bits per heavy atom. The summed E-state index contributed by atoms with van der Waals surface area (Å²) in [5, 5.41) is 2.69. The number of rotatable bonds is 0. The van der Waals surface area contributed by atoms with Crippen molar-refractivity contribution in [2.75, 3.05) is 0 Å². The minimum atomic E-state index is 0. The second kappa shape index (κ2) is 9.92. The number of benzene rings is 1. The maximum atomic E-state index is 2.20. The SMILES string of the molecule is Cc1cc2ccccc2[cH-]1.[I-].[I-].[I-].[Ti+4]. The van der Waals surface area contributed by atoms with Gasteiger partial charge in [-0.1, -0.05) is 13.0 Å². The van der Waals surface area contributed by atoms with Crippen LogP contribution in [-0.2, 0) is 21.7 Å². The molecule has 0 aliphatic rings. The molecule has 0 aliphatic carbocycles. The van der Waals surface area contributed by atoms with Gasteiger partial charge in [0.25, 0.3) is 0 Å². The maximum Gasteiger partial charge on any atom is 4.00 e. The van der Waals surface area contributed by atoms with E-state index in [2.05, 4.69) is 43.3 Å². The zero-order valence-corrected chi connectivity index (χ0v) is 15.6. The van der Waals surface area contributed by atoms with E-state index < -0.39 is 0 Å². The Morgan fingerprint density at radius 1 is 1.00 bits per heavy atom. The summed E-state index contributed by atoms with van der Waals surface area (Å²) in [5.41, 5.74) is 1.35. The Labute approximate surface area is 151 Å². The van der Waals surface area contributed by atoms with Gasteiger partial charge in [-0.25, -0.2) is 0 Å². The van der Waals surface area contributed by atoms with Gasteiger partial charge in [-0.2, -0.15) is 6.07 Å². The van der Waals surface area contributed by atoms with E-state index in [0.29, 0.717) is 0 Å². The van der Waals surface area contributed by atoms with Crippen molar-refractivity contribution in [3.05, 3.63) is 42.0 Å². The number of hydrogen-bond donors (Lipinski definition) is 0. The molecule has 0 unspecified atom stereocenters. The first-order chi connectivity index (χ1) is 4.86. The molecular formula is C10H9I3Ti. The molecule has 4 heteroatoms. The first-order valence-corrected chi connectivity index (χ1v) is 3.48. The molecule has 0 bridgehead atoms. The van der Waals surface area contributed by atoms with Gasteiger partial charge < -0.3 is 71.9 Å². The van der Waals surface area contributed by atoms with Crippen LogP contribution in [0.1, 0.15) is 5.56 Å². The summed E-state index contributed by atoms with van der Waals surface area (Å²) in [5.74, 6) is 0. The average Bonchev–Trinajstić information content (AvgIpc) is 2.27. The van der Waals surface area contributed by atoms with Crippen molar-refractivity contribution in [1.29, 1.82) is 0 Å². The van der Waals surface area contributed by atoms with Crippen LogP contribution in [0, 0.1) is 6.92 Å². The van der Waals surface area contributed by atoms with Gasteiger partial charge in [-0.05, 0) is 0 Å². The Morgan fingerprint density at radius 3 is 2.14 bits per heavy atom. The summed E-state index contributed by atoms with van der Waals surface area (Å²) in [4.78, 5) is 0. The molecule has 0 spiro atoms. The van der Waals surface area contributed by atoms with Gasteiger partial charge in [0.2, 0.25) is 0 Å². The Hall–Kier alpha value is 1.73. The van der Waals surface area contributed by atoms with E-state index in [1.54, 1.807) is 0 Å². The van der Waals surface area contributed by atoms with Gasteiger partial charge in [0.05, 0.1) is 0 Å². The van der Waals surface area contributed by atoms with Crippen LogP contribution in [0.4, 0.5) is 0 Å². The van der Waals surface area contributed by atoms with E-state index in [4.69, 9.17) is 0 Å². The number of halogens is 3. The van der Waals surface area contributed by atoms with E-state index >= 15 is 0 Å². The molecule has 2 aromatic carbocycles. The fraction of sp³-hybridized carbons (Fsp3) is 0.100. The summed E-state index contributed by atoms with van der Waals surface area (Å²) in [6.07, 6.45) is 0. The largest absolute Gasteiger partial charge is 4.00 e. The van der Waals surface area contributed by atoms with Crippen molar-refractivity contribution in [3.63, 3.8) is 0 Å². The number of aryl methyl sites for hydroxylation is 1. The number of fused-ring (bicyclic) bond motifs is 1. The molecule has 0 nitrogen and oxygen atoms in total. The van der Waals surface area contributed by atoms with Crippen LogP contribution >= 0.6 is 0 Å². The predicted molar refractivity (Wildman–Crippen MR) is 44.3 cm³/mol. The average molecular weight is 558 g/mol. The van der Waals surface area contributed by atoms with E-state index in [9.17, 15) is 0 Å². The van der Waals surface area contributed by atoms with Crippen LogP contribution < -0.4 is 71.9 Å². The molecular weight excluding hydrogens is 549 g/mol. The third-order valence-electron chi connectivity index (χ3n) is 1.76. The van der Waals surface area contributed by atoms with Gasteiger partial charge in [0, 0.05) is 0 Å². The Balaban J connectivity index is -0.000000302. The fourth-order valence-corrected chi connectivity index (χ4v) is 1.31. The monoisotopic (exact) mass is 558 g/mol. The summed E-state index contributed by atoms with van der Waals surface area (Å²) < 4.78 is 0. The molecule has 0 radical (unpaired) electrons. The molecule has 0 fully saturated rings. The molecule has 2 rings (SSSR count). The molecule has 0 N–H and O–H groups in total. The van der Waals surface area contributed by atoms with Crippen molar-refractivity contribution < 1.29 is 93.6 Å². The summed E-state index contributed by atoms with van der Waals surface area (Å²) in [6.45, 7) is 2.12. The van der Waals surface area contributed by atoms with E-state index in [1.807, 2.05) is 0 Å². The maximum absolute atomic E-state index is 2.20. The van der Waals surface area contributed by atoms with Crippen molar-refractivity contribution in [2.45, 2.75) is 6.92 Å². The fourth-order valence-electron chi connectivity index (χ4n) is 1.31. The Bertz CT molecular complexity index is 324. The van der Waals surface area contributed by atoms with Crippen molar-refractivity contribution >= 4 is 10.8 Å². The van der Waals surface area contributed by atoms with Gasteiger partial charge in [0.15, 0.2) is 0 Å². The molecule has 0 saturated carbocycles. The molecule has 0 atom stereocenters. The van der Waals surface area contributed by atoms with Crippen LogP contribution in [0.5, 0.6) is 0 Å². The molecule has 14 heavy (non-hydrogen) atoms. The molecule has 0 amide bonds. The van der Waals surface area contributed by atoms with Crippen LogP contribution in [-0.4, -0.2) is 0 Å². The minimum Gasteiger partial charge on any atom is -1.00 e. The third-order valence-corrected chi connectivity index (χ3v) is 1.76. The first kappa shape index (κ1) is 21.1. The van der Waals surface area contributed by atoms with Crippen molar-refractivity contribution in [2.24, 2.45) is 0 Å². The smallest absolute Gasteiger partial charge is 1.00 e. The van der Waals surface area contributed by atoms with Crippen molar-refractivity contribution in [3.8, 4) is 0 Å². The summed E-state index contributed by atoms with van der Waals surface area (Å²) in [6, 6.07) is 12.8. The van der Waals surface area contributed by atoms with Gasteiger partial charge in [0.1, 0.15) is 0 Å². The topological polar surface area (TPSA) is 0 Å². The second-order valence-corrected chi connectivity index (χ2v) is 2.66. The molecule has 0 saturated heterocycles. The van der Waals surface area contributed by atoms with E-state index in [-0.39, 0.29) is 93.6 Å². The quantitative estimate of drug-likeness (QED) is 0.172. The van der Waals surface area contributed by atoms with Gasteiger partial charge in [-0.15, -0.1) is 40.6 Å². The van der Waals surface area contributed by atoms with E-state index in [1.165, 1.54) is 16.3 Å². The first-order valence-electron chi connectivity index (χ1n) is 3.48. The summed E-state index contributed by atoms with van der Waals surface area (Å²) in [7, 11) is 0. The van der Waals surface area contributed by atoms with Crippen molar-refractivity contribution in [1.82, 2.24) is 0 Å². The van der Waals surface area contributed by atoms with Crippen LogP contribution in [0.3, 0.4) is 0 Å². The summed E-state index contributed by atoms with van der Waals surface area (Å²) >= 11 is 0. The second-order valence-electron chi connectivity index (χ2n) is 2.66. The van der Waals surface area contributed by atoms with E-state index in [0.717, 1.165) is 0 Å². The third kappa shape index (κ3) is 5.18.